The summed E-state index contributed by atoms with van der Waals surface area (Å²) in [5.41, 5.74) is 0.998. The van der Waals surface area contributed by atoms with Gasteiger partial charge in [-0.25, -0.2) is 9.97 Å². The lowest BCUT2D eigenvalue weighted by Gasteiger charge is -2.08. The van der Waals surface area contributed by atoms with Gasteiger partial charge in [-0.05, 0) is 26.0 Å². The van der Waals surface area contributed by atoms with Gasteiger partial charge in [0.1, 0.15) is 5.82 Å². The maximum absolute atomic E-state index is 11.1. The summed E-state index contributed by atoms with van der Waals surface area (Å²) in [5, 5.41) is 3.54. The fourth-order valence-electron chi connectivity index (χ4n) is 1.29. The van der Waals surface area contributed by atoms with E-state index in [0.717, 1.165) is 31.0 Å². The van der Waals surface area contributed by atoms with Gasteiger partial charge in [0.15, 0.2) is 0 Å². The van der Waals surface area contributed by atoms with Crippen LogP contribution in [0.1, 0.15) is 24.9 Å². The smallest absolute Gasteiger partial charge is 0.125 e. The van der Waals surface area contributed by atoms with Crippen molar-refractivity contribution in [3.8, 4) is 0 Å². The lowest BCUT2D eigenvalue weighted by atomic mass is 10.3. The first-order valence-electron chi connectivity index (χ1n) is 5.41. The van der Waals surface area contributed by atoms with Gasteiger partial charge in [-0.1, -0.05) is 6.92 Å². The van der Waals surface area contributed by atoms with E-state index in [4.69, 9.17) is 0 Å². The number of rotatable bonds is 6. The Morgan fingerprint density at radius 1 is 1.56 bits per heavy atom. The van der Waals surface area contributed by atoms with E-state index in [9.17, 15) is 4.21 Å². The molecule has 0 aromatic carbocycles. The number of hydrogen-bond donors (Lipinski definition) is 1. The number of nitrogens with one attached hydrogen (secondary N) is 1. The van der Waals surface area contributed by atoms with E-state index in [2.05, 4.69) is 15.3 Å². The minimum atomic E-state index is -0.728. The number of nitrogens with zero attached hydrogens (tertiary/aromatic N) is 2. The Labute approximate surface area is 99.3 Å². The molecule has 16 heavy (non-hydrogen) atoms. The average Bonchev–Trinajstić information content (AvgIpc) is 2.24. The van der Waals surface area contributed by atoms with Crippen molar-refractivity contribution in [2.24, 2.45) is 0 Å². The Morgan fingerprint density at radius 3 is 2.94 bits per heavy atom. The molecule has 1 N–H and O–H groups in total. The second kappa shape index (κ2) is 6.70. The molecule has 1 rings (SSSR count). The second-order valence-electron chi connectivity index (χ2n) is 3.87. The van der Waals surface area contributed by atoms with Crippen LogP contribution in [0.3, 0.4) is 0 Å². The van der Waals surface area contributed by atoms with Crippen molar-refractivity contribution in [3.05, 3.63) is 23.8 Å². The number of aromatic nitrogens is 2. The highest BCUT2D eigenvalue weighted by atomic mass is 32.2. The van der Waals surface area contributed by atoms with Crippen molar-refractivity contribution in [2.45, 2.75) is 32.1 Å². The number of aryl methyl sites for hydroxylation is 1. The third kappa shape index (κ3) is 4.81. The van der Waals surface area contributed by atoms with E-state index in [1.54, 1.807) is 12.5 Å². The molecule has 1 aromatic rings. The molecule has 0 radical (unpaired) electrons. The lowest BCUT2D eigenvalue weighted by molar-refractivity contribution is 0.622. The summed E-state index contributed by atoms with van der Waals surface area (Å²) < 4.78 is 11.1. The first kappa shape index (κ1) is 13.3. The molecule has 90 valence electrons. The van der Waals surface area contributed by atoms with Crippen LogP contribution in [0.25, 0.3) is 0 Å². The topological polar surface area (TPSA) is 54.9 Å². The molecule has 2 unspecified atom stereocenters. The predicted octanol–water partition coefficient (Wildman–Crippen LogP) is 1.03. The van der Waals surface area contributed by atoms with Crippen LogP contribution >= 0.6 is 0 Å². The molecule has 0 saturated heterocycles. The zero-order chi connectivity index (χ0) is 12.0. The molecule has 0 bridgehead atoms. The fourth-order valence-corrected chi connectivity index (χ4v) is 1.74. The zero-order valence-electron chi connectivity index (χ0n) is 10.1. The standard InChI is InChI=1S/C11H19N3OS/c1-9(16(3)15)4-6-12-8-11-5-7-13-10(2)14-11/h5,7,9,12H,4,6,8H2,1-3H3. The summed E-state index contributed by atoms with van der Waals surface area (Å²) >= 11 is 0. The van der Waals surface area contributed by atoms with Gasteiger partial charge in [-0.3, -0.25) is 4.21 Å². The summed E-state index contributed by atoms with van der Waals surface area (Å²) in [4.78, 5) is 8.33. The van der Waals surface area contributed by atoms with Crippen molar-refractivity contribution in [1.82, 2.24) is 15.3 Å². The van der Waals surface area contributed by atoms with Crippen LogP contribution in [0.15, 0.2) is 12.3 Å². The van der Waals surface area contributed by atoms with Crippen molar-refractivity contribution in [3.63, 3.8) is 0 Å². The van der Waals surface area contributed by atoms with Crippen LogP contribution in [0.5, 0.6) is 0 Å². The van der Waals surface area contributed by atoms with Crippen LogP contribution < -0.4 is 5.32 Å². The lowest BCUT2D eigenvalue weighted by Crippen LogP contribution is -2.21. The summed E-state index contributed by atoms with van der Waals surface area (Å²) in [6.45, 7) is 5.49. The van der Waals surface area contributed by atoms with E-state index in [1.165, 1.54) is 0 Å². The van der Waals surface area contributed by atoms with Crippen LogP contribution in [0, 0.1) is 6.92 Å². The van der Waals surface area contributed by atoms with E-state index in [-0.39, 0.29) is 5.25 Å². The molecule has 0 aliphatic rings. The largest absolute Gasteiger partial charge is 0.311 e. The quantitative estimate of drug-likeness (QED) is 0.756. The van der Waals surface area contributed by atoms with E-state index in [0.29, 0.717) is 0 Å². The maximum atomic E-state index is 11.1. The Hall–Kier alpha value is -0.810. The van der Waals surface area contributed by atoms with Gasteiger partial charge in [0, 0.05) is 35.0 Å². The van der Waals surface area contributed by atoms with Crippen LogP contribution in [0.4, 0.5) is 0 Å². The molecule has 5 heteroatoms. The molecular formula is C11H19N3OS. The normalized spacial score (nSPS) is 14.7. The Morgan fingerprint density at radius 2 is 2.31 bits per heavy atom. The Bertz CT molecular complexity index is 357. The monoisotopic (exact) mass is 241 g/mol. The molecule has 0 fully saturated rings. The van der Waals surface area contributed by atoms with Gasteiger partial charge in [-0.15, -0.1) is 0 Å². The first-order chi connectivity index (χ1) is 7.59. The van der Waals surface area contributed by atoms with Gasteiger partial charge in [0.2, 0.25) is 0 Å². The van der Waals surface area contributed by atoms with Gasteiger partial charge in [0.25, 0.3) is 0 Å². The molecule has 1 aromatic heterocycles. The van der Waals surface area contributed by atoms with Crippen molar-refractivity contribution in [2.75, 3.05) is 12.8 Å². The highest BCUT2D eigenvalue weighted by molar-refractivity contribution is 7.84. The Balaban J connectivity index is 2.23. The number of hydrogen-bond acceptors (Lipinski definition) is 4. The molecule has 0 saturated carbocycles. The van der Waals surface area contributed by atoms with Gasteiger partial charge in [-0.2, -0.15) is 0 Å². The summed E-state index contributed by atoms with van der Waals surface area (Å²) in [7, 11) is -0.728. The second-order valence-corrected chi connectivity index (χ2v) is 5.67. The van der Waals surface area contributed by atoms with E-state index < -0.39 is 10.8 Å². The van der Waals surface area contributed by atoms with Gasteiger partial charge >= 0.3 is 0 Å². The van der Waals surface area contributed by atoms with Crippen molar-refractivity contribution in [1.29, 1.82) is 0 Å². The SMILES string of the molecule is Cc1nccc(CNCCC(C)S(C)=O)n1. The highest BCUT2D eigenvalue weighted by Crippen LogP contribution is 1.98. The zero-order valence-corrected chi connectivity index (χ0v) is 10.9. The average molecular weight is 241 g/mol. The minimum absolute atomic E-state index is 0.250. The molecule has 4 nitrogen and oxygen atoms in total. The van der Waals surface area contributed by atoms with Gasteiger partial charge < -0.3 is 5.32 Å². The van der Waals surface area contributed by atoms with Crippen molar-refractivity contribution < 1.29 is 4.21 Å². The predicted molar refractivity (Wildman–Crippen MR) is 66.6 cm³/mol. The van der Waals surface area contributed by atoms with E-state index >= 15 is 0 Å². The van der Waals surface area contributed by atoms with Crippen LogP contribution in [-0.4, -0.2) is 32.2 Å². The third-order valence-corrected chi connectivity index (χ3v) is 3.80. The van der Waals surface area contributed by atoms with Crippen LogP contribution in [0.2, 0.25) is 0 Å². The van der Waals surface area contributed by atoms with Gasteiger partial charge in [0.05, 0.1) is 5.69 Å². The fraction of sp³-hybridized carbons (Fsp3) is 0.636. The molecule has 0 aliphatic heterocycles. The molecule has 1 heterocycles. The first-order valence-corrected chi connectivity index (χ1v) is 7.03. The Kier molecular flexibility index (Phi) is 5.55. The van der Waals surface area contributed by atoms with Crippen LogP contribution in [-0.2, 0) is 17.3 Å². The summed E-state index contributed by atoms with van der Waals surface area (Å²) in [6, 6.07) is 1.90. The molecule has 2 atom stereocenters. The molecule has 0 spiro atoms. The van der Waals surface area contributed by atoms with Crippen molar-refractivity contribution >= 4 is 10.8 Å². The summed E-state index contributed by atoms with van der Waals surface area (Å²) in [5.74, 6) is 0.794. The maximum Gasteiger partial charge on any atom is 0.125 e. The van der Waals surface area contributed by atoms with E-state index in [1.807, 2.05) is 19.9 Å². The minimum Gasteiger partial charge on any atom is -0.311 e. The third-order valence-electron chi connectivity index (χ3n) is 2.43. The highest BCUT2D eigenvalue weighted by Gasteiger charge is 2.04. The summed E-state index contributed by atoms with van der Waals surface area (Å²) in [6.07, 6.45) is 4.44. The molecular weight excluding hydrogens is 222 g/mol. The molecule has 0 amide bonds. The molecule has 0 aliphatic carbocycles.